The first-order chi connectivity index (χ1) is 13.6. The third-order valence-electron chi connectivity index (χ3n) is 5.02. The molecule has 0 fully saturated rings. The van der Waals surface area contributed by atoms with Crippen molar-refractivity contribution in [3.05, 3.63) is 29.8 Å². The monoisotopic (exact) mass is 399 g/mol. The molecule has 1 aliphatic rings. The van der Waals surface area contributed by atoms with Crippen molar-refractivity contribution in [2.75, 3.05) is 13.1 Å². The summed E-state index contributed by atoms with van der Waals surface area (Å²) in [5.74, 6) is 12.4. The molecule has 1 aromatic rings. The molecule has 0 saturated heterocycles. The molecule has 152 valence electrons. The van der Waals surface area contributed by atoms with Crippen LogP contribution in [0.1, 0.15) is 76.2 Å². The van der Waals surface area contributed by atoms with Crippen LogP contribution < -0.4 is 0 Å². The summed E-state index contributed by atoms with van der Waals surface area (Å²) in [6.45, 7) is 2.35. The zero-order valence-corrected chi connectivity index (χ0v) is 18.0. The Morgan fingerprint density at radius 1 is 0.679 bits per heavy atom. The lowest BCUT2D eigenvalue weighted by Gasteiger charge is -2.17. The molecule has 3 nitrogen and oxygen atoms in total. The van der Waals surface area contributed by atoms with Gasteiger partial charge in [0.2, 0.25) is 10.0 Å². The van der Waals surface area contributed by atoms with E-state index in [2.05, 4.69) is 23.7 Å². The number of hydrogen-bond donors (Lipinski definition) is 0. The topological polar surface area (TPSA) is 37.4 Å². The summed E-state index contributed by atoms with van der Waals surface area (Å²) in [4.78, 5) is 0.309. The average Bonchev–Trinajstić information content (AvgIpc) is 2.68. The van der Waals surface area contributed by atoms with Crippen LogP contribution in [0.2, 0.25) is 0 Å². The lowest BCUT2D eigenvalue weighted by molar-refractivity contribution is 0.482. The summed E-state index contributed by atoms with van der Waals surface area (Å²) in [5, 5.41) is 0. The fourth-order valence-corrected chi connectivity index (χ4v) is 4.46. The SMILES string of the molecule is Cc1ccc(S(=O)(=O)N2CC#CCCCCCCCCCCCC#CC2)cc1. The van der Waals surface area contributed by atoms with Gasteiger partial charge in [-0.2, -0.15) is 4.31 Å². The highest BCUT2D eigenvalue weighted by Crippen LogP contribution is 2.16. The summed E-state index contributed by atoms with van der Waals surface area (Å²) in [7, 11) is -3.58. The highest BCUT2D eigenvalue weighted by molar-refractivity contribution is 7.89. The van der Waals surface area contributed by atoms with Crippen LogP contribution >= 0.6 is 0 Å². The van der Waals surface area contributed by atoms with Crippen molar-refractivity contribution in [3.63, 3.8) is 0 Å². The minimum absolute atomic E-state index is 0.199. The van der Waals surface area contributed by atoms with E-state index in [0.29, 0.717) is 4.90 Å². The van der Waals surface area contributed by atoms with Crippen molar-refractivity contribution in [1.29, 1.82) is 0 Å². The molecule has 2 rings (SSSR count). The van der Waals surface area contributed by atoms with Crippen LogP contribution in [0.3, 0.4) is 0 Å². The molecule has 1 aromatic carbocycles. The lowest BCUT2D eigenvalue weighted by atomic mass is 10.1. The predicted molar refractivity (Wildman–Crippen MR) is 116 cm³/mol. The minimum Gasteiger partial charge on any atom is -0.207 e. The largest absolute Gasteiger partial charge is 0.244 e. The van der Waals surface area contributed by atoms with E-state index in [0.717, 1.165) is 31.2 Å². The molecular formula is C24H33NO2S. The van der Waals surface area contributed by atoms with Gasteiger partial charge in [0.05, 0.1) is 18.0 Å². The highest BCUT2D eigenvalue weighted by Gasteiger charge is 2.22. The molecule has 1 heterocycles. The van der Waals surface area contributed by atoms with Crippen molar-refractivity contribution in [2.45, 2.75) is 82.4 Å². The molecule has 0 radical (unpaired) electrons. The summed E-state index contributed by atoms with van der Waals surface area (Å²) >= 11 is 0. The van der Waals surface area contributed by atoms with Crippen LogP contribution in [-0.4, -0.2) is 25.8 Å². The molecule has 0 saturated carbocycles. The summed E-state index contributed by atoms with van der Waals surface area (Å²) in [6.07, 6.45) is 12.8. The van der Waals surface area contributed by atoms with E-state index in [-0.39, 0.29) is 13.1 Å². The molecule has 0 unspecified atom stereocenters. The number of sulfonamides is 1. The summed E-state index contributed by atoms with van der Waals surface area (Å²) in [5.41, 5.74) is 1.04. The first kappa shape index (κ1) is 22.5. The molecule has 1 aliphatic heterocycles. The number of aryl methyl sites for hydroxylation is 1. The molecule has 28 heavy (non-hydrogen) atoms. The van der Waals surface area contributed by atoms with Crippen LogP contribution in [-0.2, 0) is 10.0 Å². The lowest BCUT2D eigenvalue weighted by Crippen LogP contribution is -2.32. The van der Waals surface area contributed by atoms with Crippen molar-refractivity contribution in [3.8, 4) is 23.7 Å². The fourth-order valence-electron chi connectivity index (χ4n) is 3.21. The van der Waals surface area contributed by atoms with Gasteiger partial charge in [0, 0.05) is 12.8 Å². The highest BCUT2D eigenvalue weighted by atomic mass is 32.2. The van der Waals surface area contributed by atoms with Crippen molar-refractivity contribution in [2.24, 2.45) is 0 Å². The molecule has 0 aromatic heterocycles. The molecular weight excluding hydrogens is 366 g/mol. The van der Waals surface area contributed by atoms with Gasteiger partial charge in [0.1, 0.15) is 0 Å². The third kappa shape index (κ3) is 8.09. The fraction of sp³-hybridized carbons (Fsp3) is 0.583. The zero-order chi connectivity index (χ0) is 20.1. The van der Waals surface area contributed by atoms with Crippen LogP contribution in [0.15, 0.2) is 29.2 Å². The molecule has 4 heteroatoms. The normalized spacial score (nSPS) is 18.6. The number of hydrogen-bond acceptors (Lipinski definition) is 2. The molecule has 0 aliphatic carbocycles. The Labute approximate surface area is 172 Å². The van der Waals surface area contributed by atoms with Gasteiger partial charge in [-0.25, -0.2) is 8.42 Å². The van der Waals surface area contributed by atoms with Gasteiger partial charge in [-0.15, -0.1) is 11.8 Å². The van der Waals surface area contributed by atoms with E-state index in [1.807, 2.05) is 19.1 Å². The number of rotatable bonds is 2. The van der Waals surface area contributed by atoms with E-state index < -0.39 is 10.0 Å². The standard InChI is InChI=1S/C24H33NO2S/c1-23-17-19-24(20-18-23)28(26,27)25-21-15-13-11-9-7-5-3-2-4-6-8-10-12-14-16-22-25/h17-20H,2-12,21-22H2,1H3. The molecule has 0 bridgehead atoms. The second-order valence-corrected chi connectivity index (χ2v) is 9.41. The van der Waals surface area contributed by atoms with Gasteiger partial charge < -0.3 is 0 Å². The molecule has 0 atom stereocenters. The maximum absolute atomic E-state index is 13.0. The maximum atomic E-state index is 13.0. The second-order valence-electron chi connectivity index (χ2n) is 7.48. The molecule has 0 N–H and O–H groups in total. The third-order valence-corrected chi connectivity index (χ3v) is 6.83. The molecule has 0 amide bonds. The van der Waals surface area contributed by atoms with E-state index in [9.17, 15) is 8.42 Å². The van der Waals surface area contributed by atoms with E-state index in [1.54, 1.807) is 12.1 Å². The van der Waals surface area contributed by atoms with Crippen LogP contribution in [0, 0.1) is 30.6 Å². The second kappa shape index (κ2) is 12.7. The smallest absolute Gasteiger partial charge is 0.207 e. The Hall–Kier alpha value is -1.75. The first-order valence-corrected chi connectivity index (χ1v) is 12.0. The first-order valence-electron chi connectivity index (χ1n) is 10.6. The van der Waals surface area contributed by atoms with Gasteiger partial charge in [-0.1, -0.05) is 74.5 Å². The molecule has 0 spiro atoms. The summed E-state index contributed by atoms with van der Waals surface area (Å²) in [6, 6.07) is 6.98. The summed E-state index contributed by atoms with van der Waals surface area (Å²) < 4.78 is 27.4. The van der Waals surface area contributed by atoms with Gasteiger partial charge in [-0.05, 0) is 31.9 Å². The van der Waals surface area contributed by atoms with Gasteiger partial charge in [0.15, 0.2) is 0 Å². The van der Waals surface area contributed by atoms with E-state index in [4.69, 9.17) is 0 Å². The Bertz CT molecular complexity index is 772. The maximum Gasteiger partial charge on any atom is 0.244 e. The Morgan fingerprint density at radius 2 is 1.11 bits per heavy atom. The van der Waals surface area contributed by atoms with E-state index >= 15 is 0 Å². The zero-order valence-electron chi connectivity index (χ0n) is 17.2. The Kier molecular flexibility index (Phi) is 10.2. The van der Waals surface area contributed by atoms with Crippen LogP contribution in [0.25, 0.3) is 0 Å². The number of benzene rings is 1. The number of nitrogens with zero attached hydrogens (tertiary/aromatic N) is 1. The van der Waals surface area contributed by atoms with Crippen molar-refractivity contribution in [1.82, 2.24) is 4.31 Å². The van der Waals surface area contributed by atoms with Gasteiger partial charge in [0.25, 0.3) is 0 Å². The van der Waals surface area contributed by atoms with Crippen molar-refractivity contribution >= 4 is 10.0 Å². The predicted octanol–water partition coefficient (Wildman–Crippen LogP) is 5.30. The van der Waals surface area contributed by atoms with Gasteiger partial charge in [-0.3, -0.25) is 0 Å². The van der Waals surface area contributed by atoms with Crippen molar-refractivity contribution < 1.29 is 8.42 Å². The quantitative estimate of drug-likeness (QED) is 0.633. The Morgan fingerprint density at radius 3 is 1.57 bits per heavy atom. The minimum atomic E-state index is -3.58. The average molecular weight is 400 g/mol. The van der Waals surface area contributed by atoms with Crippen LogP contribution in [0.5, 0.6) is 0 Å². The van der Waals surface area contributed by atoms with Crippen LogP contribution in [0.4, 0.5) is 0 Å². The van der Waals surface area contributed by atoms with E-state index in [1.165, 1.54) is 49.3 Å². The Balaban J connectivity index is 2.09. The van der Waals surface area contributed by atoms with Gasteiger partial charge >= 0.3 is 0 Å².